The Hall–Kier alpha value is -1.39. The van der Waals surface area contributed by atoms with Gasteiger partial charge in [0.25, 0.3) is 5.56 Å². The van der Waals surface area contributed by atoms with Gasteiger partial charge in [0.2, 0.25) is 0 Å². The number of hydrogen-bond acceptors (Lipinski definition) is 2. The van der Waals surface area contributed by atoms with E-state index in [1.54, 1.807) is 18.2 Å². The average Bonchev–Trinajstić information content (AvgIpc) is 2.58. The van der Waals surface area contributed by atoms with Crippen molar-refractivity contribution in [1.29, 1.82) is 0 Å². The topological polar surface area (TPSA) is 51.5 Å². The Morgan fingerprint density at radius 2 is 2.00 bits per heavy atom. The van der Waals surface area contributed by atoms with E-state index < -0.39 is 0 Å². The van der Waals surface area contributed by atoms with Crippen molar-refractivity contribution >= 4 is 22.5 Å². The second-order valence-corrected chi connectivity index (χ2v) is 6.72. The third-order valence-electron chi connectivity index (χ3n) is 4.54. The van der Waals surface area contributed by atoms with Gasteiger partial charge >= 0.3 is 0 Å². The molecule has 4 nitrogen and oxygen atoms in total. The molecule has 0 aliphatic carbocycles. The van der Waals surface area contributed by atoms with Crippen LogP contribution in [0.3, 0.4) is 0 Å². The molecule has 24 heavy (non-hydrogen) atoms. The number of nitrogens with two attached hydrogens (primary N) is 1. The third-order valence-corrected chi connectivity index (χ3v) is 4.78. The molecule has 5 heteroatoms. The maximum Gasteiger partial charge on any atom is 0.261 e. The summed E-state index contributed by atoms with van der Waals surface area (Å²) in [6.45, 7) is 8.10. The summed E-state index contributed by atoms with van der Waals surface area (Å²) in [6, 6.07) is 5.53. The molecule has 0 bridgehead atoms. The molecular formula is C19H29ClN3O+. The summed E-state index contributed by atoms with van der Waals surface area (Å²) < 4.78 is 1.81. The van der Waals surface area contributed by atoms with Gasteiger partial charge in [-0.15, -0.1) is 0 Å². The van der Waals surface area contributed by atoms with E-state index >= 15 is 0 Å². The molecule has 2 rings (SSSR count). The Morgan fingerprint density at radius 3 is 2.67 bits per heavy atom. The summed E-state index contributed by atoms with van der Waals surface area (Å²) in [5, 5.41) is 3.59. The molecule has 1 heterocycles. The van der Waals surface area contributed by atoms with Gasteiger partial charge < -0.3 is 5.32 Å². The summed E-state index contributed by atoms with van der Waals surface area (Å²) in [4.78, 5) is 17.6. The normalized spacial score (nSPS) is 12.7. The number of fused-ring (bicyclic) bond motifs is 1. The zero-order valence-electron chi connectivity index (χ0n) is 15.0. The van der Waals surface area contributed by atoms with E-state index in [-0.39, 0.29) is 11.6 Å². The fraction of sp³-hybridized carbons (Fsp3) is 0.579. The minimum Gasteiger partial charge on any atom is -0.338 e. The van der Waals surface area contributed by atoms with Crippen LogP contribution in [0.1, 0.15) is 64.7 Å². The molecule has 0 spiro atoms. The first-order valence-corrected chi connectivity index (χ1v) is 9.53. The highest BCUT2D eigenvalue weighted by molar-refractivity contribution is 6.31. The van der Waals surface area contributed by atoms with Gasteiger partial charge in [0.05, 0.1) is 17.4 Å². The van der Waals surface area contributed by atoms with Crippen molar-refractivity contribution in [2.24, 2.45) is 0 Å². The van der Waals surface area contributed by atoms with Crippen molar-refractivity contribution in [3.63, 3.8) is 0 Å². The largest absolute Gasteiger partial charge is 0.338 e. The van der Waals surface area contributed by atoms with Gasteiger partial charge in [-0.1, -0.05) is 38.3 Å². The van der Waals surface area contributed by atoms with Crippen molar-refractivity contribution in [3.05, 3.63) is 39.4 Å². The Morgan fingerprint density at radius 1 is 1.21 bits per heavy atom. The minimum atomic E-state index is 0.0343. The van der Waals surface area contributed by atoms with Crippen molar-refractivity contribution in [3.8, 4) is 0 Å². The lowest BCUT2D eigenvalue weighted by Gasteiger charge is -2.18. The number of nitrogens with zero attached hydrogens (tertiary/aromatic N) is 2. The van der Waals surface area contributed by atoms with Gasteiger partial charge in [0, 0.05) is 18.0 Å². The van der Waals surface area contributed by atoms with E-state index in [1.807, 2.05) is 11.5 Å². The molecule has 0 unspecified atom stereocenters. The number of unbranched alkanes of at least 4 members (excludes halogenated alkanes) is 3. The van der Waals surface area contributed by atoms with Crippen LogP contribution in [0.15, 0.2) is 23.0 Å². The summed E-state index contributed by atoms with van der Waals surface area (Å²) >= 11 is 6.09. The maximum absolute atomic E-state index is 12.8. The van der Waals surface area contributed by atoms with E-state index in [1.165, 1.54) is 25.7 Å². The molecule has 2 aromatic rings. The average molecular weight is 351 g/mol. The molecule has 132 valence electrons. The third kappa shape index (κ3) is 4.37. The molecule has 0 radical (unpaired) electrons. The first kappa shape index (κ1) is 18.9. The number of quaternary nitrogens is 1. The van der Waals surface area contributed by atoms with E-state index in [4.69, 9.17) is 16.6 Å². The van der Waals surface area contributed by atoms with Crippen LogP contribution in [0.25, 0.3) is 10.9 Å². The monoisotopic (exact) mass is 350 g/mol. The maximum atomic E-state index is 12.8. The van der Waals surface area contributed by atoms with E-state index in [9.17, 15) is 4.79 Å². The summed E-state index contributed by atoms with van der Waals surface area (Å²) in [6.07, 6.45) is 5.97. The Labute approximate surface area is 149 Å². The van der Waals surface area contributed by atoms with Crippen LogP contribution in [0, 0.1) is 0 Å². The van der Waals surface area contributed by atoms with Gasteiger partial charge in [0.1, 0.15) is 6.04 Å². The zero-order chi connectivity index (χ0) is 17.5. The van der Waals surface area contributed by atoms with Crippen LogP contribution in [0.2, 0.25) is 5.02 Å². The van der Waals surface area contributed by atoms with Crippen LogP contribution in [0.4, 0.5) is 0 Å². The van der Waals surface area contributed by atoms with Crippen LogP contribution < -0.4 is 10.9 Å². The number of hydrogen-bond donors (Lipinski definition) is 1. The van der Waals surface area contributed by atoms with E-state index in [0.717, 1.165) is 18.8 Å². The number of benzene rings is 1. The first-order valence-electron chi connectivity index (χ1n) is 9.15. The standard InChI is InChI=1S/C19H28ClN3O/c1-4-7-8-9-12-21-16(5-2)18-22-17-13-14(20)10-11-15(17)19(24)23(18)6-3/h10-11,13,16,21H,4-9,12H2,1-3H3/p+1/t16-/m0/s1. The highest BCUT2D eigenvalue weighted by Gasteiger charge is 2.20. The van der Waals surface area contributed by atoms with Crippen LogP contribution in [-0.2, 0) is 6.54 Å². The Bertz CT molecular complexity index is 726. The van der Waals surface area contributed by atoms with Gasteiger partial charge in [-0.2, -0.15) is 0 Å². The Kier molecular flexibility index (Phi) is 7.25. The van der Waals surface area contributed by atoms with E-state index in [0.29, 0.717) is 22.5 Å². The molecule has 0 aliphatic rings. The SMILES string of the molecule is CCCCCC[NH2+][C@@H](CC)c1nc2cc(Cl)ccc2c(=O)n1CC. The fourth-order valence-electron chi connectivity index (χ4n) is 3.14. The van der Waals surface area contributed by atoms with Crippen LogP contribution in [-0.4, -0.2) is 16.1 Å². The molecule has 0 saturated carbocycles. The predicted octanol–water partition coefficient (Wildman–Crippen LogP) is 3.66. The predicted molar refractivity (Wildman–Crippen MR) is 101 cm³/mol. The molecule has 0 amide bonds. The highest BCUT2D eigenvalue weighted by atomic mass is 35.5. The molecule has 2 N–H and O–H groups in total. The lowest BCUT2D eigenvalue weighted by atomic mass is 10.1. The highest BCUT2D eigenvalue weighted by Crippen LogP contribution is 2.18. The smallest absolute Gasteiger partial charge is 0.261 e. The second kappa shape index (κ2) is 9.19. The molecule has 1 aromatic heterocycles. The quantitative estimate of drug-likeness (QED) is 0.701. The van der Waals surface area contributed by atoms with Gasteiger partial charge in [-0.25, -0.2) is 4.98 Å². The van der Waals surface area contributed by atoms with Crippen LogP contribution >= 0.6 is 11.6 Å². The number of halogens is 1. The van der Waals surface area contributed by atoms with Gasteiger partial charge in [-0.3, -0.25) is 9.36 Å². The fourth-order valence-corrected chi connectivity index (χ4v) is 3.31. The Balaban J connectivity index is 2.32. The molecule has 0 saturated heterocycles. The van der Waals surface area contributed by atoms with Gasteiger partial charge in [0.15, 0.2) is 5.82 Å². The molecule has 1 aromatic carbocycles. The summed E-state index contributed by atoms with van der Waals surface area (Å²) in [5.74, 6) is 0.871. The van der Waals surface area contributed by atoms with Crippen molar-refractivity contribution in [1.82, 2.24) is 9.55 Å². The summed E-state index contributed by atoms with van der Waals surface area (Å²) in [5.41, 5.74) is 0.733. The zero-order valence-corrected chi connectivity index (χ0v) is 15.8. The minimum absolute atomic E-state index is 0.0343. The lowest BCUT2D eigenvalue weighted by Crippen LogP contribution is -2.85. The molecule has 0 aliphatic heterocycles. The summed E-state index contributed by atoms with van der Waals surface area (Å²) in [7, 11) is 0. The van der Waals surface area contributed by atoms with Crippen molar-refractivity contribution < 1.29 is 5.32 Å². The molecular weight excluding hydrogens is 322 g/mol. The second-order valence-electron chi connectivity index (χ2n) is 6.28. The van der Waals surface area contributed by atoms with Gasteiger partial charge in [-0.05, 0) is 38.0 Å². The van der Waals surface area contributed by atoms with Crippen molar-refractivity contribution in [2.75, 3.05) is 6.54 Å². The lowest BCUT2D eigenvalue weighted by molar-refractivity contribution is -0.698. The number of aromatic nitrogens is 2. The first-order chi connectivity index (χ1) is 11.6. The number of rotatable bonds is 9. The van der Waals surface area contributed by atoms with Crippen LogP contribution in [0.5, 0.6) is 0 Å². The van der Waals surface area contributed by atoms with Crippen molar-refractivity contribution in [2.45, 2.75) is 65.5 Å². The molecule has 1 atom stereocenters. The molecule has 0 fully saturated rings. The van der Waals surface area contributed by atoms with E-state index in [2.05, 4.69) is 19.2 Å².